The first kappa shape index (κ1) is 35.1. The van der Waals surface area contributed by atoms with Crippen LogP contribution in [0.4, 0.5) is 14.5 Å². The number of halogens is 2. The highest BCUT2D eigenvalue weighted by atomic mass is 32.2. The molecule has 0 saturated carbocycles. The van der Waals surface area contributed by atoms with Crippen LogP contribution in [-0.2, 0) is 16.6 Å². The van der Waals surface area contributed by atoms with Crippen molar-refractivity contribution in [2.75, 3.05) is 37.7 Å². The van der Waals surface area contributed by atoms with Gasteiger partial charge in [0.2, 0.25) is 10.0 Å². The predicted octanol–water partition coefficient (Wildman–Crippen LogP) is 7.50. The molecule has 0 spiro atoms. The van der Waals surface area contributed by atoms with Gasteiger partial charge in [-0.15, -0.1) is 0 Å². The fourth-order valence-corrected chi connectivity index (χ4v) is 7.73. The van der Waals surface area contributed by atoms with Crippen LogP contribution in [0.5, 0.6) is 0 Å². The van der Waals surface area contributed by atoms with Crippen molar-refractivity contribution in [1.82, 2.24) is 24.6 Å². The van der Waals surface area contributed by atoms with E-state index in [0.717, 1.165) is 16.1 Å². The van der Waals surface area contributed by atoms with E-state index in [2.05, 4.69) is 10.2 Å². The summed E-state index contributed by atoms with van der Waals surface area (Å²) in [5.41, 5.74) is 5.46. The van der Waals surface area contributed by atoms with E-state index in [1.54, 1.807) is 42.5 Å². The Labute approximate surface area is 309 Å². The summed E-state index contributed by atoms with van der Waals surface area (Å²) >= 11 is 0. The lowest BCUT2D eigenvalue weighted by atomic mass is 10.00. The number of furan rings is 1. The molecule has 4 aromatic heterocycles. The zero-order valence-electron chi connectivity index (χ0n) is 29.9. The largest absolute Gasteiger partial charge is 0.455 e. The van der Waals surface area contributed by atoms with Crippen LogP contribution in [-0.4, -0.2) is 72.8 Å². The molecule has 11 nitrogen and oxygen atoms in total. The second-order valence-electron chi connectivity index (χ2n) is 13.8. The minimum Gasteiger partial charge on any atom is -0.455 e. The topological polar surface area (TPSA) is 117 Å². The van der Waals surface area contributed by atoms with E-state index >= 15 is 4.39 Å². The van der Waals surface area contributed by atoms with Crippen molar-refractivity contribution in [3.63, 3.8) is 0 Å². The van der Waals surface area contributed by atoms with Crippen LogP contribution in [0.25, 0.3) is 65.8 Å². The molecule has 0 atom stereocenters. The number of nitrogens with zero attached hydrogens (tertiary/aromatic N) is 6. The van der Waals surface area contributed by atoms with Gasteiger partial charge in [-0.1, -0.05) is 35.9 Å². The number of carbonyl (C=O) groups is 1. The predicted molar refractivity (Wildman–Crippen MR) is 205 cm³/mol. The molecule has 0 aliphatic carbocycles. The van der Waals surface area contributed by atoms with E-state index < -0.39 is 21.6 Å². The first-order chi connectivity index (χ1) is 25.8. The minimum atomic E-state index is -3.78. The number of likely N-dealkylation sites (tertiary alicyclic amines) is 1. The van der Waals surface area contributed by atoms with Crippen molar-refractivity contribution < 1.29 is 26.4 Å². The molecular weight excluding hydrogens is 713 g/mol. The number of anilines is 1. The van der Waals surface area contributed by atoms with E-state index in [0.29, 0.717) is 86.5 Å². The summed E-state index contributed by atoms with van der Waals surface area (Å²) in [6, 6.07) is 20.9. The third-order valence-corrected chi connectivity index (χ3v) is 11.5. The number of benzene rings is 3. The number of rotatable bonds is 7. The lowest BCUT2D eigenvalue weighted by molar-refractivity contribution is 0.0893. The Hall–Kier alpha value is -5.91. The number of pyridine rings is 1. The molecule has 1 fully saturated rings. The van der Waals surface area contributed by atoms with E-state index in [1.165, 1.54) is 20.2 Å². The van der Waals surface area contributed by atoms with Crippen LogP contribution in [0.2, 0.25) is 0 Å². The maximum atomic E-state index is 15.3. The molecule has 0 unspecified atom stereocenters. The Morgan fingerprint density at radius 3 is 2.46 bits per heavy atom. The van der Waals surface area contributed by atoms with Gasteiger partial charge < -0.3 is 9.73 Å². The average molecular weight is 748 g/mol. The van der Waals surface area contributed by atoms with Gasteiger partial charge >= 0.3 is 5.79 Å². The number of aromatic nitrogens is 3. The van der Waals surface area contributed by atoms with Crippen molar-refractivity contribution in [1.29, 1.82) is 0 Å². The highest BCUT2D eigenvalue weighted by Crippen LogP contribution is 2.42. The SMILES string of the molecule is [C-]#[N+]C1(F)CCN(Cc2nc3ccc(-c4cc5c(C(=O)NC)c(-c6ccc(C)cc6)oc5cc4N(C)S(C)(=O)=O)nc3c3cc4c(F)cccc4n23)CC1. The van der Waals surface area contributed by atoms with Gasteiger partial charge in [0.1, 0.15) is 28.5 Å². The number of alkyl halides is 1. The molecule has 7 aromatic rings. The second-order valence-corrected chi connectivity index (χ2v) is 15.8. The Balaban J connectivity index is 1.35. The molecule has 14 heteroatoms. The molecule has 1 N–H and O–H groups in total. The van der Waals surface area contributed by atoms with Crippen molar-refractivity contribution in [3.05, 3.63) is 107 Å². The third-order valence-electron chi connectivity index (χ3n) is 10.3. The lowest BCUT2D eigenvalue weighted by Gasteiger charge is -2.29. The Kier molecular flexibility index (Phi) is 8.39. The Bertz CT molecular complexity index is 2820. The van der Waals surface area contributed by atoms with E-state index in [-0.39, 0.29) is 30.0 Å². The molecular formula is C40H35F2N7O4S. The molecule has 8 rings (SSSR count). The molecule has 0 radical (unpaired) electrons. The standard InChI is InChI=1S/C40H35F2N7O4S/c1-23-9-11-24(12-10-23)38-36(39(50)43-2)27-19-26(32(21-34(27)53-38)47(4)54(5,51)52)29-13-14-30-37(46-29)33-20-25-28(41)7-6-8-31(25)49(33)35(45-30)22-48-17-15-40(42,44-3)16-18-48/h6-14,19-21H,15-18,22H2,1-2,4-5H3,(H,43,50). The maximum Gasteiger partial charge on any atom is 0.373 e. The van der Waals surface area contributed by atoms with E-state index in [4.69, 9.17) is 21.0 Å². The molecule has 0 bridgehead atoms. The van der Waals surface area contributed by atoms with E-state index in [9.17, 15) is 17.6 Å². The van der Waals surface area contributed by atoms with Gasteiger partial charge in [-0.05, 0) is 43.3 Å². The first-order valence-electron chi connectivity index (χ1n) is 17.3. The van der Waals surface area contributed by atoms with Gasteiger partial charge in [-0.3, -0.25) is 23.2 Å². The molecule has 3 aromatic carbocycles. The summed E-state index contributed by atoms with van der Waals surface area (Å²) in [6.45, 7) is 10.3. The number of hydrogen-bond donors (Lipinski definition) is 1. The van der Waals surface area contributed by atoms with Crippen LogP contribution >= 0.6 is 0 Å². The Morgan fingerprint density at radius 1 is 1.04 bits per heavy atom. The summed E-state index contributed by atoms with van der Waals surface area (Å²) in [5, 5.41) is 3.53. The molecule has 1 aliphatic heterocycles. The minimum absolute atomic E-state index is 0.0819. The quantitative estimate of drug-likeness (QED) is 0.133. The molecule has 1 amide bonds. The number of carbonyl (C=O) groups excluding carboxylic acids is 1. The average Bonchev–Trinajstić information content (AvgIpc) is 3.75. The number of sulfonamides is 1. The fourth-order valence-electron chi connectivity index (χ4n) is 7.22. The normalized spacial score (nSPS) is 14.9. The first-order valence-corrected chi connectivity index (χ1v) is 19.2. The van der Waals surface area contributed by atoms with Crippen molar-refractivity contribution in [2.45, 2.75) is 32.1 Å². The zero-order valence-corrected chi connectivity index (χ0v) is 30.8. The van der Waals surface area contributed by atoms with Crippen LogP contribution in [0.3, 0.4) is 0 Å². The second kappa shape index (κ2) is 12.9. The van der Waals surface area contributed by atoms with Gasteiger partial charge in [0, 0.05) is 55.2 Å². The lowest BCUT2D eigenvalue weighted by Crippen LogP contribution is -2.40. The number of aryl methyl sites for hydroxylation is 1. The van der Waals surface area contributed by atoms with Gasteiger partial charge in [0.15, 0.2) is 0 Å². The highest BCUT2D eigenvalue weighted by molar-refractivity contribution is 7.92. The molecule has 1 saturated heterocycles. The monoisotopic (exact) mass is 747 g/mol. The van der Waals surface area contributed by atoms with Gasteiger partial charge in [0.05, 0.1) is 59.1 Å². The summed E-state index contributed by atoms with van der Waals surface area (Å²) < 4.78 is 65.4. The van der Waals surface area contributed by atoms with Crippen LogP contribution < -0.4 is 9.62 Å². The number of hydrogen-bond acceptors (Lipinski definition) is 7. The molecule has 5 heterocycles. The third kappa shape index (κ3) is 5.89. The maximum absolute atomic E-state index is 15.3. The van der Waals surface area contributed by atoms with Crippen LogP contribution in [0, 0.1) is 19.3 Å². The van der Waals surface area contributed by atoms with Crippen LogP contribution in [0.1, 0.15) is 34.6 Å². The summed E-state index contributed by atoms with van der Waals surface area (Å²) in [7, 11) is -0.818. The van der Waals surface area contributed by atoms with Crippen LogP contribution in [0.15, 0.2) is 77.2 Å². The highest BCUT2D eigenvalue weighted by Gasteiger charge is 2.40. The Morgan fingerprint density at radius 2 is 1.78 bits per heavy atom. The molecule has 54 heavy (non-hydrogen) atoms. The number of piperidine rings is 1. The summed E-state index contributed by atoms with van der Waals surface area (Å²) in [4.78, 5) is 28.7. The smallest absolute Gasteiger partial charge is 0.373 e. The summed E-state index contributed by atoms with van der Waals surface area (Å²) in [5.74, 6) is -1.75. The molecule has 274 valence electrons. The zero-order chi connectivity index (χ0) is 38.1. The van der Waals surface area contributed by atoms with Gasteiger partial charge in [0.25, 0.3) is 5.91 Å². The van der Waals surface area contributed by atoms with Gasteiger partial charge in [-0.2, -0.15) is 4.39 Å². The number of amides is 1. The number of fused-ring (bicyclic) bond motifs is 6. The summed E-state index contributed by atoms with van der Waals surface area (Å²) in [6.07, 6.45) is 1.26. The fraction of sp³-hybridized carbons (Fsp3) is 0.250. The van der Waals surface area contributed by atoms with Crippen molar-refractivity contribution in [2.24, 2.45) is 0 Å². The molecule has 1 aliphatic rings. The van der Waals surface area contributed by atoms with Crippen molar-refractivity contribution >= 4 is 60.0 Å². The van der Waals surface area contributed by atoms with E-state index in [1.807, 2.05) is 40.5 Å². The number of nitrogens with one attached hydrogen (secondary N) is 1. The van der Waals surface area contributed by atoms with Crippen molar-refractivity contribution in [3.8, 4) is 22.6 Å². The van der Waals surface area contributed by atoms with Gasteiger partial charge in [-0.25, -0.2) is 29.3 Å².